The number of aromatic nitrogens is 2. The van der Waals surface area contributed by atoms with Crippen LogP contribution in [0.2, 0.25) is 0 Å². The van der Waals surface area contributed by atoms with Crippen LogP contribution in [0.25, 0.3) is 33.6 Å². The minimum Gasteiger partial charge on any atom is -0.192 e. The van der Waals surface area contributed by atoms with E-state index in [4.69, 9.17) is 0 Å². The number of pyridine rings is 2. The molecule has 5 aromatic rings. The lowest BCUT2D eigenvalue weighted by molar-refractivity contribution is -0.765. The molecule has 2 unspecified atom stereocenters. The van der Waals surface area contributed by atoms with Gasteiger partial charge in [-0.3, -0.25) is 0 Å². The van der Waals surface area contributed by atoms with E-state index in [1.165, 1.54) is 68.7 Å². The Hall–Kier alpha value is -4.04. The number of hydrogen-bond acceptors (Lipinski definition) is 0. The Morgan fingerprint density at radius 2 is 1.49 bits per heavy atom. The molecule has 0 aliphatic carbocycles. The third-order valence-corrected chi connectivity index (χ3v) is 10.5. The predicted octanol–water partition coefficient (Wildman–Crippen LogP) is 9.52. The summed E-state index contributed by atoms with van der Waals surface area (Å²) in [4.78, 5) is 0. The monoisotopic (exact) mass is 564 g/mol. The third-order valence-electron chi connectivity index (χ3n) is 10.5. The molecule has 7 rings (SSSR count). The number of unbranched alkanes of at least 4 members (excludes halogenated alkanes) is 1. The van der Waals surface area contributed by atoms with Crippen LogP contribution in [0.4, 0.5) is 0 Å². The van der Waals surface area contributed by atoms with E-state index in [1.54, 1.807) is 0 Å². The Labute approximate surface area is 257 Å². The van der Waals surface area contributed by atoms with Crippen LogP contribution in [-0.2, 0) is 12.0 Å². The van der Waals surface area contributed by atoms with Crippen LogP contribution in [0.5, 0.6) is 0 Å². The summed E-state index contributed by atoms with van der Waals surface area (Å²) < 4.78 is 5.23. The van der Waals surface area contributed by atoms with Crippen LogP contribution >= 0.6 is 0 Å². The van der Waals surface area contributed by atoms with Gasteiger partial charge in [-0.15, -0.1) is 0 Å². The maximum Gasteiger partial charge on any atom is 0.213 e. The Bertz CT molecular complexity index is 1780. The molecule has 0 saturated heterocycles. The van der Waals surface area contributed by atoms with Gasteiger partial charge in [-0.1, -0.05) is 75.7 Å². The lowest BCUT2D eigenvalue weighted by Crippen LogP contribution is -2.62. The maximum atomic E-state index is 2.65. The summed E-state index contributed by atoms with van der Waals surface area (Å²) in [6.07, 6.45) is 11.6. The average molecular weight is 565 g/mol. The fraction of sp³-hybridized carbons (Fsp3) is 0.317. The first-order valence-electron chi connectivity index (χ1n) is 16.4. The van der Waals surface area contributed by atoms with Crippen molar-refractivity contribution in [2.45, 2.75) is 83.7 Å². The molecule has 43 heavy (non-hydrogen) atoms. The molecule has 0 radical (unpaired) electrons. The number of benzene rings is 3. The van der Waals surface area contributed by atoms with E-state index in [1.807, 2.05) is 0 Å². The summed E-state index contributed by atoms with van der Waals surface area (Å²) in [6.45, 7) is 9.31. The van der Waals surface area contributed by atoms with E-state index in [0.29, 0.717) is 5.92 Å². The van der Waals surface area contributed by atoms with Crippen molar-refractivity contribution in [2.75, 3.05) is 0 Å². The van der Waals surface area contributed by atoms with Crippen LogP contribution in [0.3, 0.4) is 0 Å². The number of nitrogens with zero attached hydrogens (tertiary/aromatic N) is 2. The van der Waals surface area contributed by atoms with Crippen LogP contribution in [0, 0.1) is 6.92 Å². The Balaban J connectivity index is 1.40. The zero-order chi connectivity index (χ0) is 29.6. The fourth-order valence-corrected chi connectivity index (χ4v) is 8.20. The van der Waals surface area contributed by atoms with E-state index in [0.717, 1.165) is 25.7 Å². The van der Waals surface area contributed by atoms with Crippen molar-refractivity contribution in [2.24, 2.45) is 0 Å². The van der Waals surface area contributed by atoms with Gasteiger partial charge in [-0.05, 0) is 71.8 Å². The van der Waals surface area contributed by atoms with Crippen LogP contribution < -0.4 is 9.13 Å². The quantitative estimate of drug-likeness (QED) is 0.166. The van der Waals surface area contributed by atoms with Gasteiger partial charge in [0.05, 0.1) is 17.0 Å². The molecule has 3 aromatic carbocycles. The van der Waals surface area contributed by atoms with Crippen LogP contribution in [0.1, 0.15) is 87.1 Å². The van der Waals surface area contributed by atoms with Gasteiger partial charge < -0.3 is 0 Å². The molecular weight excluding hydrogens is 520 g/mol. The van der Waals surface area contributed by atoms with Crippen molar-refractivity contribution in [3.8, 4) is 33.6 Å². The Morgan fingerprint density at radius 3 is 2.28 bits per heavy atom. The molecule has 0 bridgehead atoms. The first kappa shape index (κ1) is 27.8. The van der Waals surface area contributed by atoms with Crippen LogP contribution in [-0.4, -0.2) is 0 Å². The fourth-order valence-electron chi connectivity index (χ4n) is 8.20. The molecular formula is C41H44N2+2. The van der Waals surface area contributed by atoms with Crippen molar-refractivity contribution >= 4 is 0 Å². The highest BCUT2D eigenvalue weighted by molar-refractivity contribution is 5.73. The molecule has 2 heteroatoms. The molecule has 2 atom stereocenters. The molecule has 0 saturated carbocycles. The number of hydrogen-bond donors (Lipinski definition) is 0. The summed E-state index contributed by atoms with van der Waals surface area (Å²) in [6, 6.07) is 37.2. The van der Waals surface area contributed by atoms with Crippen molar-refractivity contribution in [3.63, 3.8) is 0 Å². The van der Waals surface area contributed by atoms with Gasteiger partial charge in [0.15, 0.2) is 24.0 Å². The number of fused-ring (bicyclic) bond motifs is 6. The number of rotatable bonds is 8. The summed E-state index contributed by atoms with van der Waals surface area (Å²) in [5.41, 5.74) is 13.9. The molecule has 2 aliphatic rings. The zero-order valence-electron chi connectivity index (χ0n) is 26.2. The molecule has 4 heterocycles. The Kier molecular flexibility index (Phi) is 7.25. The van der Waals surface area contributed by atoms with Gasteiger partial charge in [0, 0.05) is 49.1 Å². The molecule has 2 nitrogen and oxygen atoms in total. The van der Waals surface area contributed by atoms with Crippen molar-refractivity contribution in [1.29, 1.82) is 0 Å². The normalized spacial score (nSPS) is 17.6. The zero-order valence-corrected chi connectivity index (χ0v) is 26.2. The molecule has 2 aliphatic heterocycles. The largest absolute Gasteiger partial charge is 0.213 e. The maximum absolute atomic E-state index is 2.65. The third kappa shape index (κ3) is 4.54. The summed E-state index contributed by atoms with van der Waals surface area (Å²) >= 11 is 0. The van der Waals surface area contributed by atoms with Crippen molar-refractivity contribution in [3.05, 3.63) is 132 Å². The first-order valence-corrected chi connectivity index (χ1v) is 16.4. The summed E-state index contributed by atoms with van der Waals surface area (Å²) in [5.74, 6) is 0.385. The van der Waals surface area contributed by atoms with Gasteiger partial charge in [0.2, 0.25) is 11.4 Å². The Morgan fingerprint density at radius 1 is 0.674 bits per heavy atom. The van der Waals surface area contributed by atoms with Gasteiger partial charge >= 0.3 is 0 Å². The minimum absolute atomic E-state index is 0.0136. The molecule has 0 fully saturated rings. The van der Waals surface area contributed by atoms with E-state index in [2.05, 4.69) is 146 Å². The standard InChI is InChI=1S/C41H44N2/c1-5-8-14-30-18-20-33-35(26-30)38-17-12-13-23-43(38)41(6-2,7-3)37(33)28-40-36-27-32(31-15-10-9-11-16-31)19-21-34(36)39-25-29(4)22-24-42(39)40/h9-13,15-27,37,40H,5-8,14,28H2,1-4H3/q+2. The first-order chi connectivity index (χ1) is 21.1. The van der Waals surface area contributed by atoms with E-state index in [-0.39, 0.29) is 11.6 Å². The lowest BCUT2D eigenvalue weighted by Gasteiger charge is -2.40. The number of aryl methyl sites for hydroxylation is 2. The van der Waals surface area contributed by atoms with E-state index in [9.17, 15) is 0 Å². The van der Waals surface area contributed by atoms with Crippen molar-refractivity contribution in [1.82, 2.24) is 0 Å². The topological polar surface area (TPSA) is 7.76 Å². The smallest absolute Gasteiger partial charge is 0.192 e. The predicted molar refractivity (Wildman–Crippen MR) is 177 cm³/mol. The highest BCUT2D eigenvalue weighted by Gasteiger charge is 2.53. The van der Waals surface area contributed by atoms with E-state index >= 15 is 0 Å². The molecule has 216 valence electrons. The SMILES string of the molecule is CCCCc1ccc2c(c1)-c1cccc[n+]1C(CC)(CC)C2CC1c2cc(-c3ccccc3)ccc2-c2cc(C)cc[n+]21. The van der Waals surface area contributed by atoms with Crippen LogP contribution in [0.15, 0.2) is 109 Å². The molecule has 0 spiro atoms. The second kappa shape index (κ2) is 11.2. The molecule has 2 aromatic heterocycles. The second-order valence-electron chi connectivity index (χ2n) is 12.8. The van der Waals surface area contributed by atoms with Gasteiger partial charge in [0.1, 0.15) is 0 Å². The minimum atomic E-state index is 0.0136. The van der Waals surface area contributed by atoms with E-state index < -0.39 is 0 Å². The van der Waals surface area contributed by atoms with Crippen molar-refractivity contribution < 1.29 is 9.13 Å². The lowest BCUT2D eigenvalue weighted by atomic mass is 9.67. The highest BCUT2D eigenvalue weighted by Crippen LogP contribution is 2.51. The van der Waals surface area contributed by atoms with Gasteiger partial charge in [-0.2, -0.15) is 9.13 Å². The van der Waals surface area contributed by atoms with Gasteiger partial charge in [-0.25, -0.2) is 0 Å². The second-order valence-corrected chi connectivity index (χ2v) is 12.8. The average Bonchev–Trinajstić information content (AvgIpc) is 3.36. The highest BCUT2D eigenvalue weighted by atomic mass is 15.1. The van der Waals surface area contributed by atoms with Gasteiger partial charge in [0.25, 0.3) is 0 Å². The summed E-state index contributed by atoms with van der Waals surface area (Å²) in [5, 5.41) is 0. The molecule has 0 N–H and O–H groups in total. The summed E-state index contributed by atoms with van der Waals surface area (Å²) in [7, 11) is 0. The molecule has 0 amide bonds.